The van der Waals surface area contributed by atoms with Gasteiger partial charge in [-0.2, -0.15) is 0 Å². The Labute approximate surface area is 152 Å². The number of aromatic nitrogens is 1. The lowest BCUT2D eigenvalue weighted by molar-refractivity contribution is -0.142. The van der Waals surface area contributed by atoms with Crippen LogP contribution < -0.4 is 0 Å². The Morgan fingerprint density at radius 2 is 2.00 bits per heavy atom. The van der Waals surface area contributed by atoms with E-state index in [-0.39, 0.29) is 11.8 Å². The highest BCUT2D eigenvalue weighted by atomic mass is 16.4. The highest BCUT2D eigenvalue weighted by Crippen LogP contribution is 2.42. The third-order valence-electron chi connectivity index (χ3n) is 5.74. The molecule has 3 atom stereocenters. The van der Waals surface area contributed by atoms with Crippen molar-refractivity contribution in [3.05, 3.63) is 53.9 Å². The maximum Gasteiger partial charge on any atom is 0.326 e. The normalized spacial score (nSPS) is 24.5. The Kier molecular flexibility index (Phi) is 4.23. The molecule has 5 heteroatoms. The molecule has 3 unspecified atom stereocenters. The smallest absolute Gasteiger partial charge is 0.326 e. The summed E-state index contributed by atoms with van der Waals surface area (Å²) in [4.78, 5) is 30.7. The summed E-state index contributed by atoms with van der Waals surface area (Å²) >= 11 is 0. The van der Waals surface area contributed by atoms with Crippen LogP contribution >= 0.6 is 0 Å². The van der Waals surface area contributed by atoms with E-state index in [2.05, 4.69) is 4.98 Å². The summed E-state index contributed by atoms with van der Waals surface area (Å²) in [6.45, 7) is 2.56. The number of benzene rings is 1. The van der Waals surface area contributed by atoms with Crippen molar-refractivity contribution in [1.29, 1.82) is 0 Å². The van der Waals surface area contributed by atoms with Gasteiger partial charge in [0.1, 0.15) is 6.04 Å². The van der Waals surface area contributed by atoms with Crippen LogP contribution in [0.25, 0.3) is 11.1 Å². The van der Waals surface area contributed by atoms with Gasteiger partial charge in [0.15, 0.2) is 0 Å². The van der Waals surface area contributed by atoms with Crippen LogP contribution in [0.15, 0.2) is 42.7 Å². The van der Waals surface area contributed by atoms with Crippen molar-refractivity contribution < 1.29 is 14.7 Å². The quantitative estimate of drug-likeness (QED) is 0.921. The summed E-state index contributed by atoms with van der Waals surface area (Å²) in [6, 6.07) is 9.13. The van der Waals surface area contributed by atoms with Crippen molar-refractivity contribution in [2.75, 3.05) is 6.54 Å². The number of carbonyl (C=O) groups is 2. The van der Waals surface area contributed by atoms with Gasteiger partial charge >= 0.3 is 5.97 Å². The zero-order valence-electron chi connectivity index (χ0n) is 14.8. The van der Waals surface area contributed by atoms with E-state index in [1.54, 1.807) is 11.1 Å². The molecule has 1 saturated carbocycles. The minimum atomic E-state index is -0.893. The van der Waals surface area contributed by atoms with Gasteiger partial charge in [-0.3, -0.25) is 9.78 Å². The van der Waals surface area contributed by atoms with E-state index in [0.717, 1.165) is 36.0 Å². The van der Waals surface area contributed by atoms with Crippen LogP contribution in [0, 0.1) is 18.8 Å². The van der Waals surface area contributed by atoms with Crippen LogP contribution in [0.2, 0.25) is 0 Å². The Morgan fingerprint density at radius 3 is 2.77 bits per heavy atom. The van der Waals surface area contributed by atoms with E-state index in [9.17, 15) is 14.7 Å². The summed E-state index contributed by atoms with van der Waals surface area (Å²) in [7, 11) is 0. The zero-order valence-corrected chi connectivity index (χ0v) is 14.8. The molecule has 1 N–H and O–H groups in total. The fourth-order valence-corrected chi connectivity index (χ4v) is 4.54. The van der Waals surface area contributed by atoms with Crippen LogP contribution in [-0.4, -0.2) is 39.5 Å². The Hall–Kier alpha value is -2.69. The molecule has 1 aromatic heterocycles. The topological polar surface area (TPSA) is 70.5 Å². The number of hydrogen-bond donors (Lipinski definition) is 1. The van der Waals surface area contributed by atoms with Crippen molar-refractivity contribution in [1.82, 2.24) is 9.88 Å². The first-order chi connectivity index (χ1) is 12.5. The largest absolute Gasteiger partial charge is 0.480 e. The molecule has 26 heavy (non-hydrogen) atoms. The van der Waals surface area contributed by atoms with Crippen LogP contribution in [0.4, 0.5) is 0 Å². The fraction of sp³-hybridized carbons (Fsp3) is 0.381. The predicted molar refractivity (Wildman–Crippen MR) is 97.7 cm³/mol. The van der Waals surface area contributed by atoms with Gasteiger partial charge in [-0.1, -0.05) is 36.2 Å². The molecule has 1 aliphatic carbocycles. The second kappa shape index (κ2) is 6.56. The number of hydrogen-bond acceptors (Lipinski definition) is 3. The molecule has 1 amide bonds. The van der Waals surface area contributed by atoms with Gasteiger partial charge in [0.2, 0.25) is 0 Å². The fourth-order valence-electron chi connectivity index (χ4n) is 4.54. The van der Waals surface area contributed by atoms with Crippen molar-refractivity contribution in [3.63, 3.8) is 0 Å². The Balaban J connectivity index is 1.64. The standard InChI is InChI=1S/C21H22N2O3/c1-13-4-2-5-14(8-13)16-9-17(11-22-10-16)20(24)23-12-15-6-3-7-18(15)19(23)21(25)26/h2,4-5,8-11,15,18-19H,3,6-7,12H2,1H3,(H,25,26). The molecular weight excluding hydrogens is 328 g/mol. The molecule has 2 aromatic rings. The van der Waals surface area contributed by atoms with Gasteiger partial charge in [0, 0.05) is 24.5 Å². The second-order valence-corrected chi connectivity index (χ2v) is 7.43. The van der Waals surface area contributed by atoms with E-state index in [0.29, 0.717) is 18.0 Å². The number of carboxylic acid groups (broad SMARTS) is 1. The van der Waals surface area contributed by atoms with Gasteiger partial charge in [-0.25, -0.2) is 4.79 Å². The van der Waals surface area contributed by atoms with E-state index in [1.165, 1.54) is 6.20 Å². The molecule has 0 radical (unpaired) electrons. The third-order valence-corrected chi connectivity index (χ3v) is 5.74. The summed E-state index contributed by atoms with van der Waals surface area (Å²) in [5, 5.41) is 9.68. The number of amides is 1. The van der Waals surface area contributed by atoms with Crippen LogP contribution in [-0.2, 0) is 4.79 Å². The van der Waals surface area contributed by atoms with Gasteiger partial charge in [-0.15, -0.1) is 0 Å². The number of fused-ring (bicyclic) bond motifs is 1. The van der Waals surface area contributed by atoms with Crippen molar-refractivity contribution in [3.8, 4) is 11.1 Å². The predicted octanol–water partition coefficient (Wildman–Crippen LogP) is 3.38. The Bertz CT molecular complexity index is 864. The van der Waals surface area contributed by atoms with Crippen LogP contribution in [0.5, 0.6) is 0 Å². The van der Waals surface area contributed by atoms with E-state index in [1.807, 2.05) is 37.3 Å². The minimum Gasteiger partial charge on any atom is -0.480 e. The average Bonchev–Trinajstić information content (AvgIpc) is 3.21. The highest BCUT2D eigenvalue weighted by Gasteiger charge is 2.49. The number of carbonyl (C=O) groups excluding carboxylic acids is 1. The third kappa shape index (κ3) is 2.87. The number of likely N-dealkylation sites (tertiary alicyclic amines) is 1. The van der Waals surface area contributed by atoms with Crippen LogP contribution in [0.1, 0.15) is 35.2 Å². The first-order valence-corrected chi connectivity index (χ1v) is 9.10. The molecular formula is C21H22N2O3. The van der Waals surface area contributed by atoms with Crippen molar-refractivity contribution in [2.24, 2.45) is 11.8 Å². The van der Waals surface area contributed by atoms with Gasteiger partial charge in [0.25, 0.3) is 5.91 Å². The molecule has 0 bridgehead atoms. The number of carboxylic acids is 1. The van der Waals surface area contributed by atoms with Gasteiger partial charge in [-0.05, 0) is 43.2 Å². The molecule has 134 valence electrons. The SMILES string of the molecule is Cc1cccc(-c2cncc(C(=O)N3CC4CCCC4C3C(=O)O)c2)c1. The van der Waals surface area contributed by atoms with Gasteiger partial charge < -0.3 is 10.0 Å². The van der Waals surface area contributed by atoms with E-state index < -0.39 is 12.0 Å². The minimum absolute atomic E-state index is 0.0874. The van der Waals surface area contributed by atoms with Crippen molar-refractivity contribution in [2.45, 2.75) is 32.2 Å². The number of rotatable bonds is 3. The summed E-state index contributed by atoms with van der Waals surface area (Å²) < 4.78 is 0. The van der Waals surface area contributed by atoms with E-state index in [4.69, 9.17) is 0 Å². The number of pyridine rings is 1. The lowest BCUT2D eigenvalue weighted by Crippen LogP contribution is -2.43. The monoisotopic (exact) mass is 350 g/mol. The first kappa shape index (κ1) is 16.8. The molecule has 0 spiro atoms. The van der Waals surface area contributed by atoms with Crippen molar-refractivity contribution >= 4 is 11.9 Å². The summed E-state index contributed by atoms with van der Waals surface area (Å²) in [5.74, 6) is -0.721. The highest BCUT2D eigenvalue weighted by molar-refractivity contribution is 5.97. The van der Waals surface area contributed by atoms with Gasteiger partial charge in [0.05, 0.1) is 5.56 Å². The summed E-state index contributed by atoms with van der Waals surface area (Å²) in [6.07, 6.45) is 6.24. The average molecular weight is 350 g/mol. The Morgan fingerprint density at radius 1 is 1.15 bits per heavy atom. The second-order valence-electron chi connectivity index (χ2n) is 7.43. The maximum absolute atomic E-state index is 13.1. The lowest BCUT2D eigenvalue weighted by atomic mass is 9.94. The number of nitrogens with zero attached hydrogens (tertiary/aromatic N) is 2. The molecule has 2 aliphatic rings. The molecule has 1 saturated heterocycles. The first-order valence-electron chi connectivity index (χ1n) is 9.10. The summed E-state index contributed by atoms with van der Waals surface area (Å²) in [5.41, 5.74) is 3.46. The molecule has 1 aliphatic heterocycles. The zero-order chi connectivity index (χ0) is 18.3. The van der Waals surface area contributed by atoms with E-state index >= 15 is 0 Å². The lowest BCUT2D eigenvalue weighted by Gasteiger charge is -2.24. The van der Waals surface area contributed by atoms with Crippen LogP contribution in [0.3, 0.4) is 0 Å². The maximum atomic E-state index is 13.1. The number of aliphatic carboxylic acids is 1. The molecule has 1 aromatic carbocycles. The molecule has 5 nitrogen and oxygen atoms in total. The number of aryl methyl sites for hydroxylation is 1. The molecule has 4 rings (SSSR count). The molecule has 2 heterocycles. The molecule has 2 fully saturated rings.